The van der Waals surface area contributed by atoms with Crippen LogP contribution in [0.15, 0.2) is 47.1 Å². The molecule has 3 aromatic heterocycles. The molecule has 0 saturated heterocycles. The summed E-state index contributed by atoms with van der Waals surface area (Å²) in [6.07, 6.45) is 3.23. The predicted molar refractivity (Wildman–Crippen MR) is 103 cm³/mol. The molecule has 136 valence electrons. The number of nitrogen functional groups attached to an aromatic ring is 2. The molecule has 27 heavy (non-hydrogen) atoms. The van der Waals surface area contributed by atoms with Crippen molar-refractivity contribution < 1.29 is 13.5 Å². The van der Waals surface area contributed by atoms with Crippen LogP contribution in [-0.4, -0.2) is 17.1 Å². The maximum atomic E-state index is 13.5. The zero-order valence-corrected chi connectivity index (χ0v) is 14.9. The van der Waals surface area contributed by atoms with E-state index in [-0.39, 0.29) is 16.6 Å². The van der Waals surface area contributed by atoms with Crippen molar-refractivity contribution in [1.29, 1.82) is 0 Å². The quantitative estimate of drug-likeness (QED) is 0.538. The van der Waals surface area contributed by atoms with Crippen molar-refractivity contribution in [2.24, 2.45) is 0 Å². The van der Waals surface area contributed by atoms with E-state index in [1.807, 2.05) is 0 Å². The summed E-state index contributed by atoms with van der Waals surface area (Å²) in [4.78, 5) is 8.60. The lowest BCUT2D eigenvalue weighted by Gasteiger charge is -2.09. The van der Waals surface area contributed by atoms with Gasteiger partial charge < -0.3 is 20.6 Å². The molecule has 0 aliphatic rings. The van der Waals surface area contributed by atoms with Gasteiger partial charge in [-0.2, -0.15) is 0 Å². The molecule has 8 heteroatoms. The molecular weight excluding hydrogens is 371 g/mol. The van der Waals surface area contributed by atoms with Crippen molar-refractivity contribution >= 4 is 34.1 Å². The summed E-state index contributed by atoms with van der Waals surface area (Å²) >= 11 is 5.92. The van der Waals surface area contributed by atoms with Crippen LogP contribution >= 0.6 is 11.6 Å². The Hall–Kier alpha value is -3.32. The van der Waals surface area contributed by atoms with Crippen LogP contribution < -0.4 is 16.2 Å². The molecule has 4 aromatic rings. The van der Waals surface area contributed by atoms with Crippen LogP contribution in [-0.2, 0) is 0 Å². The van der Waals surface area contributed by atoms with Gasteiger partial charge in [0.05, 0.1) is 17.5 Å². The number of pyridine rings is 2. The van der Waals surface area contributed by atoms with Gasteiger partial charge in [-0.25, -0.2) is 9.37 Å². The number of benzene rings is 1. The summed E-state index contributed by atoms with van der Waals surface area (Å²) in [6, 6.07) is 7.88. The Morgan fingerprint density at radius 1 is 1.11 bits per heavy atom. The topological polar surface area (TPSA) is 100 Å². The summed E-state index contributed by atoms with van der Waals surface area (Å²) in [5, 5.41) is 0.578. The van der Waals surface area contributed by atoms with E-state index in [4.69, 9.17) is 32.2 Å². The molecule has 0 spiro atoms. The number of fused-ring (bicyclic) bond motifs is 1. The first-order chi connectivity index (χ1) is 13.0. The third-order valence-electron chi connectivity index (χ3n) is 4.23. The summed E-state index contributed by atoms with van der Waals surface area (Å²) < 4.78 is 24.4. The van der Waals surface area contributed by atoms with E-state index in [9.17, 15) is 4.39 Å². The minimum Gasteiger partial charge on any atom is -0.481 e. The van der Waals surface area contributed by atoms with Crippen LogP contribution in [0.1, 0.15) is 0 Å². The van der Waals surface area contributed by atoms with E-state index in [1.165, 1.54) is 19.2 Å². The predicted octanol–water partition coefficient (Wildman–Crippen LogP) is 4.52. The van der Waals surface area contributed by atoms with Crippen LogP contribution in [0, 0.1) is 5.82 Å². The van der Waals surface area contributed by atoms with Gasteiger partial charge in [0.15, 0.2) is 5.58 Å². The molecular formula is C19H14ClFN4O2. The Kier molecular flexibility index (Phi) is 4.08. The zero-order valence-electron chi connectivity index (χ0n) is 14.2. The number of aromatic nitrogens is 2. The average Bonchev–Trinajstić information content (AvgIpc) is 2.98. The van der Waals surface area contributed by atoms with Gasteiger partial charge in [0.2, 0.25) is 11.8 Å². The molecule has 0 aliphatic heterocycles. The fourth-order valence-corrected chi connectivity index (χ4v) is 3.08. The van der Waals surface area contributed by atoms with Gasteiger partial charge in [-0.15, -0.1) is 0 Å². The van der Waals surface area contributed by atoms with Crippen LogP contribution in [0.3, 0.4) is 0 Å². The van der Waals surface area contributed by atoms with Gasteiger partial charge >= 0.3 is 0 Å². The molecule has 0 aliphatic carbocycles. The van der Waals surface area contributed by atoms with Gasteiger partial charge in [-0.3, -0.25) is 4.98 Å². The maximum absolute atomic E-state index is 13.5. The highest BCUT2D eigenvalue weighted by atomic mass is 35.5. The van der Waals surface area contributed by atoms with E-state index in [0.717, 1.165) is 5.56 Å². The molecule has 0 radical (unpaired) electrons. The van der Waals surface area contributed by atoms with Crippen LogP contribution in [0.2, 0.25) is 5.02 Å². The highest BCUT2D eigenvalue weighted by Gasteiger charge is 2.20. The number of methoxy groups -OCH3 is 1. The van der Waals surface area contributed by atoms with Gasteiger partial charge in [0, 0.05) is 29.6 Å². The molecule has 0 atom stereocenters. The molecule has 0 unspecified atom stereocenters. The standard InChI is InChI=1S/C19H14ClFN4O2/c1-26-14-7-10(4-5-24-14)17-18-15(16(22)19(23)27-18)11(8-25-17)9-2-3-13(21)12(20)6-9/h2-8H,22-23H2,1H3. The minimum atomic E-state index is -0.509. The van der Waals surface area contributed by atoms with Crippen LogP contribution in [0.4, 0.5) is 16.0 Å². The first-order valence-corrected chi connectivity index (χ1v) is 8.29. The second kappa shape index (κ2) is 6.44. The molecule has 0 saturated carbocycles. The second-order valence-electron chi connectivity index (χ2n) is 5.82. The van der Waals surface area contributed by atoms with Gasteiger partial charge in [-0.05, 0) is 23.8 Å². The Morgan fingerprint density at radius 3 is 2.67 bits per heavy atom. The van der Waals surface area contributed by atoms with Crippen molar-refractivity contribution in [3.05, 3.63) is 53.6 Å². The number of halogens is 2. The smallest absolute Gasteiger partial charge is 0.215 e. The van der Waals surface area contributed by atoms with Crippen LogP contribution in [0.25, 0.3) is 33.4 Å². The van der Waals surface area contributed by atoms with E-state index in [0.29, 0.717) is 33.7 Å². The third-order valence-corrected chi connectivity index (χ3v) is 4.52. The van der Waals surface area contributed by atoms with E-state index in [1.54, 1.807) is 30.6 Å². The number of furan rings is 1. The maximum Gasteiger partial charge on any atom is 0.215 e. The number of nitrogens with two attached hydrogens (primary N) is 2. The highest BCUT2D eigenvalue weighted by molar-refractivity contribution is 6.31. The van der Waals surface area contributed by atoms with Crippen molar-refractivity contribution in [3.63, 3.8) is 0 Å². The first kappa shape index (κ1) is 17.1. The molecule has 3 heterocycles. The fourth-order valence-electron chi connectivity index (χ4n) is 2.90. The minimum absolute atomic E-state index is 0.00126. The summed E-state index contributed by atoms with van der Waals surface area (Å²) in [7, 11) is 1.53. The summed E-state index contributed by atoms with van der Waals surface area (Å²) in [5.41, 5.74) is 15.3. The number of nitrogens with zero attached hydrogens (tertiary/aromatic N) is 2. The van der Waals surface area contributed by atoms with Crippen LogP contribution in [0.5, 0.6) is 5.88 Å². The number of hydrogen-bond donors (Lipinski definition) is 2. The van der Waals surface area contributed by atoms with Gasteiger partial charge in [-0.1, -0.05) is 17.7 Å². The normalized spacial score (nSPS) is 11.1. The average molecular weight is 385 g/mol. The Labute approximate surface area is 158 Å². The van der Waals surface area contributed by atoms with Gasteiger partial charge in [0.1, 0.15) is 17.2 Å². The third kappa shape index (κ3) is 2.82. The number of anilines is 2. The molecule has 0 amide bonds. The van der Waals surface area contributed by atoms with E-state index in [2.05, 4.69) is 9.97 Å². The lowest BCUT2D eigenvalue weighted by atomic mass is 10.0. The molecule has 0 fully saturated rings. The van der Waals surface area contributed by atoms with Crippen molar-refractivity contribution in [2.45, 2.75) is 0 Å². The Morgan fingerprint density at radius 2 is 1.93 bits per heavy atom. The lowest BCUT2D eigenvalue weighted by Crippen LogP contribution is -1.93. The highest BCUT2D eigenvalue weighted by Crippen LogP contribution is 2.42. The molecule has 4 N–H and O–H groups in total. The van der Waals surface area contributed by atoms with E-state index < -0.39 is 5.82 Å². The SMILES string of the molecule is COc1cc(-c2ncc(-c3ccc(F)c(Cl)c3)c3c(N)c(N)oc23)ccn1. The molecule has 6 nitrogen and oxygen atoms in total. The Bertz CT molecular complexity index is 1180. The van der Waals surface area contributed by atoms with E-state index >= 15 is 0 Å². The zero-order chi connectivity index (χ0) is 19.1. The largest absolute Gasteiger partial charge is 0.481 e. The van der Waals surface area contributed by atoms with Crippen molar-refractivity contribution in [3.8, 4) is 28.3 Å². The fraction of sp³-hybridized carbons (Fsp3) is 0.0526. The number of ether oxygens (including phenoxy) is 1. The summed E-state index contributed by atoms with van der Waals surface area (Å²) in [6.45, 7) is 0. The molecule has 0 bridgehead atoms. The Balaban J connectivity index is 2.00. The number of hydrogen-bond acceptors (Lipinski definition) is 6. The molecule has 1 aromatic carbocycles. The van der Waals surface area contributed by atoms with Gasteiger partial charge in [0.25, 0.3) is 0 Å². The molecule has 4 rings (SSSR count). The monoisotopic (exact) mass is 384 g/mol. The summed E-state index contributed by atoms with van der Waals surface area (Å²) in [5.74, 6) is 0.00359. The number of rotatable bonds is 3. The van der Waals surface area contributed by atoms with Crippen molar-refractivity contribution in [2.75, 3.05) is 18.6 Å². The second-order valence-corrected chi connectivity index (χ2v) is 6.23. The first-order valence-electron chi connectivity index (χ1n) is 7.92. The van der Waals surface area contributed by atoms with Crippen molar-refractivity contribution in [1.82, 2.24) is 9.97 Å². The lowest BCUT2D eigenvalue weighted by molar-refractivity contribution is 0.398.